The Labute approximate surface area is 94.4 Å². The molecule has 78 valence electrons. The minimum absolute atomic E-state index is 0.894. The Balaban J connectivity index is 2.40. The lowest BCUT2D eigenvalue weighted by atomic mass is 10.0. The van der Waals surface area contributed by atoms with Crippen LogP contribution < -0.4 is 5.84 Å². The first-order chi connectivity index (χ1) is 7.81. The van der Waals surface area contributed by atoms with Gasteiger partial charge in [-0.2, -0.15) is 5.10 Å². The molecule has 0 aliphatic heterocycles. The van der Waals surface area contributed by atoms with Gasteiger partial charge in [-0.25, -0.2) is 0 Å². The van der Waals surface area contributed by atoms with Gasteiger partial charge in [-0.1, -0.05) is 48.0 Å². The predicted octanol–water partition coefficient (Wildman–Crippen LogP) is 2.69. The molecule has 2 N–H and O–H groups in total. The molecule has 0 radical (unpaired) electrons. The number of fused-ring (bicyclic) bond motifs is 3. The zero-order chi connectivity index (χ0) is 11.1. The maximum absolute atomic E-state index is 5.49. The zero-order valence-electron chi connectivity index (χ0n) is 9.07. The molecule has 0 fully saturated rings. The van der Waals surface area contributed by atoms with E-state index in [4.69, 9.17) is 5.84 Å². The SMILES string of the molecule is Cc1ccc2c(c1)-c1ccccc1/C2=N/N. The Morgan fingerprint density at radius 2 is 1.56 bits per heavy atom. The summed E-state index contributed by atoms with van der Waals surface area (Å²) in [5.41, 5.74) is 6.88. The molecule has 0 saturated carbocycles. The van der Waals surface area contributed by atoms with E-state index in [1.807, 2.05) is 12.1 Å². The van der Waals surface area contributed by atoms with Crippen molar-refractivity contribution in [2.75, 3.05) is 0 Å². The molecule has 0 amide bonds. The number of hydrazone groups is 1. The number of nitrogens with zero attached hydrogens (tertiary/aromatic N) is 1. The summed E-state index contributed by atoms with van der Waals surface area (Å²) in [6.45, 7) is 2.10. The highest BCUT2D eigenvalue weighted by molar-refractivity contribution is 6.24. The normalized spacial score (nSPS) is 14.9. The number of rotatable bonds is 0. The molecule has 0 saturated heterocycles. The Morgan fingerprint density at radius 1 is 0.875 bits per heavy atom. The lowest BCUT2D eigenvalue weighted by Gasteiger charge is -2.00. The number of nitrogens with two attached hydrogens (primary N) is 1. The fourth-order valence-electron chi connectivity index (χ4n) is 2.30. The summed E-state index contributed by atoms with van der Waals surface area (Å²) < 4.78 is 0. The van der Waals surface area contributed by atoms with Crippen LogP contribution in [-0.4, -0.2) is 5.71 Å². The lowest BCUT2D eigenvalue weighted by molar-refractivity contribution is 1.25. The van der Waals surface area contributed by atoms with Crippen LogP contribution in [-0.2, 0) is 0 Å². The Morgan fingerprint density at radius 3 is 2.31 bits per heavy atom. The fraction of sp³-hybridized carbons (Fsp3) is 0.0714. The van der Waals surface area contributed by atoms with Crippen molar-refractivity contribution in [1.29, 1.82) is 0 Å². The fourth-order valence-corrected chi connectivity index (χ4v) is 2.30. The molecule has 1 aliphatic carbocycles. The van der Waals surface area contributed by atoms with Gasteiger partial charge in [-0.15, -0.1) is 0 Å². The average Bonchev–Trinajstić information content (AvgIpc) is 2.62. The number of hydrogen-bond acceptors (Lipinski definition) is 2. The van der Waals surface area contributed by atoms with E-state index in [1.54, 1.807) is 0 Å². The largest absolute Gasteiger partial charge is 0.323 e. The molecule has 0 bridgehead atoms. The van der Waals surface area contributed by atoms with E-state index < -0.39 is 0 Å². The third-order valence-corrected chi connectivity index (χ3v) is 3.03. The number of aryl methyl sites for hydroxylation is 1. The van der Waals surface area contributed by atoms with Crippen LogP contribution in [0.4, 0.5) is 0 Å². The second kappa shape index (κ2) is 3.20. The van der Waals surface area contributed by atoms with E-state index in [0.717, 1.165) is 16.8 Å². The van der Waals surface area contributed by atoms with Gasteiger partial charge in [-0.3, -0.25) is 0 Å². The average molecular weight is 208 g/mol. The molecule has 2 heteroatoms. The Hall–Kier alpha value is -2.09. The summed E-state index contributed by atoms with van der Waals surface area (Å²) in [7, 11) is 0. The second-order valence-corrected chi connectivity index (χ2v) is 4.07. The lowest BCUT2D eigenvalue weighted by Crippen LogP contribution is -2.01. The molecule has 0 unspecified atom stereocenters. The highest BCUT2D eigenvalue weighted by atomic mass is 15.1. The molecule has 1 aliphatic rings. The summed E-state index contributed by atoms with van der Waals surface area (Å²) in [4.78, 5) is 0. The van der Waals surface area contributed by atoms with Crippen LogP contribution in [0.5, 0.6) is 0 Å². The Bertz CT molecular complexity index is 597. The van der Waals surface area contributed by atoms with Gasteiger partial charge in [0, 0.05) is 11.1 Å². The van der Waals surface area contributed by atoms with Crippen LogP contribution in [0.3, 0.4) is 0 Å². The molecule has 0 spiro atoms. The van der Waals surface area contributed by atoms with Crippen molar-refractivity contribution in [2.45, 2.75) is 6.92 Å². The van der Waals surface area contributed by atoms with Gasteiger partial charge in [0.05, 0.1) is 5.71 Å². The van der Waals surface area contributed by atoms with Gasteiger partial charge in [0.1, 0.15) is 0 Å². The van der Waals surface area contributed by atoms with Crippen molar-refractivity contribution in [3.63, 3.8) is 0 Å². The summed E-state index contributed by atoms with van der Waals surface area (Å²) in [5, 5.41) is 3.92. The summed E-state index contributed by atoms with van der Waals surface area (Å²) >= 11 is 0. The topological polar surface area (TPSA) is 38.4 Å². The van der Waals surface area contributed by atoms with E-state index in [2.05, 4.69) is 42.4 Å². The Kier molecular flexibility index (Phi) is 1.83. The van der Waals surface area contributed by atoms with Crippen LogP contribution in [0.2, 0.25) is 0 Å². The van der Waals surface area contributed by atoms with Crippen molar-refractivity contribution in [2.24, 2.45) is 10.9 Å². The van der Waals surface area contributed by atoms with Gasteiger partial charge in [0.25, 0.3) is 0 Å². The second-order valence-electron chi connectivity index (χ2n) is 4.07. The van der Waals surface area contributed by atoms with Gasteiger partial charge in [-0.05, 0) is 18.1 Å². The molecule has 0 heterocycles. The predicted molar refractivity (Wildman–Crippen MR) is 66.4 cm³/mol. The summed E-state index contributed by atoms with van der Waals surface area (Å²) in [5.74, 6) is 5.49. The highest BCUT2D eigenvalue weighted by Gasteiger charge is 2.23. The quantitative estimate of drug-likeness (QED) is 0.447. The summed E-state index contributed by atoms with van der Waals surface area (Å²) in [6, 6.07) is 14.6. The van der Waals surface area contributed by atoms with Gasteiger partial charge >= 0.3 is 0 Å². The number of benzene rings is 2. The minimum atomic E-state index is 0.894. The molecule has 16 heavy (non-hydrogen) atoms. The van der Waals surface area contributed by atoms with Crippen molar-refractivity contribution < 1.29 is 0 Å². The molecule has 0 atom stereocenters. The molecule has 0 aromatic heterocycles. The van der Waals surface area contributed by atoms with Crippen molar-refractivity contribution in [1.82, 2.24) is 0 Å². The first kappa shape index (κ1) is 9.16. The van der Waals surface area contributed by atoms with Crippen LogP contribution in [0.15, 0.2) is 47.6 Å². The van der Waals surface area contributed by atoms with Gasteiger partial charge < -0.3 is 5.84 Å². The van der Waals surface area contributed by atoms with Crippen molar-refractivity contribution in [3.8, 4) is 11.1 Å². The third-order valence-electron chi connectivity index (χ3n) is 3.03. The van der Waals surface area contributed by atoms with Gasteiger partial charge in [0.2, 0.25) is 0 Å². The van der Waals surface area contributed by atoms with Crippen LogP contribution in [0.1, 0.15) is 16.7 Å². The smallest absolute Gasteiger partial charge is 0.0983 e. The van der Waals surface area contributed by atoms with Crippen LogP contribution in [0, 0.1) is 6.92 Å². The third kappa shape index (κ3) is 1.10. The monoisotopic (exact) mass is 208 g/mol. The molecular formula is C14H12N2. The molecule has 3 rings (SSSR count). The molecule has 2 nitrogen and oxygen atoms in total. The van der Waals surface area contributed by atoms with E-state index in [9.17, 15) is 0 Å². The summed E-state index contributed by atoms with van der Waals surface area (Å²) in [6.07, 6.45) is 0. The van der Waals surface area contributed by atoms with E-state index in [-0.39, 0.29) is 0 Å². The van der Waals surface area contributed by atoms with E-state index in [0.29, 0.717) is 0 Å². The first-order valence-electron chi connectivity index (χ1n) is 5.30. The molecule has 2 aromatic rings. The highest BCUT2D eigenvalue weighted by Crippen LogP contribution is 2.36. The standard InChI is InChI=1S/C14H12N2/c1-9-6-7-12-13(8-9)10-4-2-3-5-11(10)14(12)16-15/h2-8H,15H2,1H3/b16-14-. The zero-order valence-corrected chi connectivity index (χ0v) is 9.07. The molecule has 2 aromatic carbocycles. The van der Waals surface area contributed by atoms with Crippen molar-refractivity contribution in [3.05, 3.63) is 59.2 Å². The van der Waals surface area contributed by atoms with Crippen molar-refractivity contribution >= 4 is 5.71 Å². The van der Waals surface area contributed by atoms with E-state index in [1.165, 1.54) is 16.7 Å². The van der Waals surface area contributed by atoms with Gasteiger partial charge in [0.15, 0.2) is 0 Å². The maximum Gasteiger partial charge on any atom is 0.0983 e. The van der Waals surface area contributed by atoms with Crippen LogP contribution in [0.25, 0.3) is 11.1 Å². The number of hydrogen-bond donors (Lipinski definition) is 1. The molecular weight excluding hydrogens is 196 g/mol. The first-order valence-corrected chi connectivity index (χ1v) is 5.30. The van der Waals surface area contributed by atoms with Crippen LogP contribution >= 0.6 is 0 Å². The minimum Gasteiger partial charge on any atom is -0.323 e. The van der Waals surface area contributed by atoms with E-state index >= 15 is 0 Å². The maximum atomic E-state index is 5.49.